The lowest BCUT2D eigenvalue weighted by atomic mass is 10.1. The number of rotatable bonds is 1. The molecule has 1 aliphatic carbocycles. The summed E-state index contributed by atoms with van der Waals surface area (Å²) in [4.78, 5) is 0. The van der Waals surface area contributed by atoms with Crippen molar-refractivity contribution in [2.75, 3.05) is 0 Å². The molecular weight excluding hydrogens is 168 g/mol. The van der Waals surface area contributed by atoms with Crippen molar-refractivity contribution >= 4 is 5.57 Å². The van der Waals surface area contributed by atoms with Crippen LogP contribution in [0, 0.1) is 5.92 Å². The fourth-order valence-corrected chi connectivity index (χ4v) is 1.78. The third kappa shape index (κ3) is 2.14. The lowest BCUT2D eigenvalue weighted by Gasteiger charge is -2.00. The molecule has 1 aromatic rings. The summed E-state index contributed by atoms with van der Waals surface area (Å²) < 4.78 is 0. The van der Waals surface area contributed by atoms with Crippen molar-refractivity contribution in [3.8, 4) is 0 Å². The molecule has 1 aliphatic rings. The first-order valence-corrected chi connectivity index (χ1v) is 5.30. The molecular formula is C14H16. The first kappa shape index (κ1) is 9.26. The minimum atomic E-state index is 0.715. The molecule has 14 heavy (non-hydrogen) atoms. The molecule has 0 aliphatic heterocycles. The third-order valence-corrected chi connectivity index (χ3v) is 2.70. The van der Waals surface area contributed by atoms with Crippen molar-refractivity contribution in [1.82, 2.24) is 0 Å². The maximum atomic E-state index is 2.34. The molecule has 0 heteroatoms. The summed E-state index contributed by atoms with van der Waals surface area (Å²) in [5.41, 5.74) is 2.70. The average Bonchev–Trinajstić information content (AvgIpc) is 2.44. The summed E-state index contributed by atoms with van der Waals surface area (Å²) in [5, 5.41) is 0. The van der Waals surface area contributed by atoms with Crippen LogP contribution in [0.1, 0.15) is 25.3 Å². The normalized spacial score (nSPS) is 21.5. The Balaban J connectivity index is 2.26. The van der Waals surface area contributed by atoms with Crippen LogP contribution in [0.5, 0.6) is 0 Å². The van der Waals surface area contributed by atoms with Gasteiger partial charge >= 0.3 is 0 Å². The molecule has 0 bridgehead atoms. The molecule has 2 rings (SSSR count). The summed E-state index contributed by atoms with van der Waals surface area (Å²) >= 11 is 0. The van der Waals surface area contributed by atoms with Gasteiger partial charge in [-0.05, 0) is 29.9 Å². The molecule has 0 amide bonds. The van der Waals surface area contributed by atoms with Crippen LogP contribution < -0.4 is 0 Å². The summed E-state index contributed by atoms with van der Waals surface area (Å²) in [6.07, 6.45) is 9.37. The molecule has 0 saturated heterocycles. The minimum Gasteiger partial charge on any atom is -0.0811 e. The molecule has 0 nitrogen and oxygen atoms in total. The van der Waals surface area contributed by atoms with E-state index in [4.69, 9.17) is 0 Å². The van der Waals surface area contributed by atoms with E-state index >= 15 is 0 Å². The van der Waals surface area contributed by atoms with Crippen LogP contribution in [0.25, 0.3) is 5.57 Å². The van der Waals surface area contributed by atoms with Crippen LogP contribution in [-0.2, 0) is 0 Å². The largest absolute Gasteiger partial charge is 0.0811 e. The second-order valence-corrected chi connectivity index (χ2v) is 3.94. The maximum Gasteiger partial charge on any atom is -0.0187 e. The van der Waals surface area contributed by atoms with Crippen LogP contribution in [0.3, 0.4) is 0 Å². The van der Waals surface area contributed by atoms with Gasteiger partial charge in [0.05, 0.1) is 0 Å². The zero-order chi connectivity index (χ0) is 9.80. The zero-order valence-corrected chi connectivity index (χ0v) is 8.61. The molecule has 1 atom stereocenters. The molecule has 1 aromatic carbocycles. The molecule has 0 radical (unpaired) electrons. The Hall–Kier alpha value is -1.30. The van der Waals surface area contributed by atoms with Crippen LogP contribution in [0.15, 0.2) is 48.6 Å². The van der Waals surface area contributed by atoms with Crippen molar-refractivity contribution < 1.29 is 0 Å². The van der Waals surface area contributed by atoms with Gasteiger partial charge in [0.2, 0.25) is 0 Å². The number of allylic oxidation sites excluding steroid dienone is 4. The van der Waals surface area contributed by atoms with Crippen LogP contribution in [0.4, 0.5) is 0 Å². The lowest BCUT2D eigenvalue weighted by molar-refractivity contribution is 0.662. The van der Waals surface area contributed by atoms with E-state index in [0.29, 0.717) is 5.92 Å². The predicted octanol–water partition coefficient (Wildman–Crippen LogP) is 4.06. The molecule has 0 saturated carbocycles. The van der Waals surface area contributed by atoms with Gasteiger partial charge in [-0.25, -0.2) is 0 Å². The Morgan fingerprint density at radius 2 is 1.93 bits per heavy atom. The van der Waals surface area contributed by atoms with E-state index < -0.39 is 0 Å². The van der Waals surface area contributed by atoms with Crippen molar-refractivity contribution in [1.29, 1.82) is 0 Å². The van der Waals surface area contributed by atoms with Gasteiger partial charge in [-0.2, -0.15) is 0 Å². The van der Waals surface area contributed by atoms with Gasteiger partial charge in [0.15, 0.2) is 0 Å². The van der Waals surface area contributed by atoms with Gasteiger partial charge < -0.3 is 0 Å². The lowest BCUT2D eigenvalue weighted by Crippen LogP contribution is -1.84. The molecule has 0 fully saturated rings. The molecule has 0 spiro atoms. The van der Waals surface area contributed by atoms with E-state index in [9.17, 15) is 0 Å². The highest BCUT2D eigenvalue weighted by Gasteiger charge is 2.03. The quantitative estimate of drug-likeness (QED) is 0.617. The van der Waals surface area contributed by atoms with Crippen molar-refractivity contribution in [3.63, 3.8) is 0 Å². The first-order chi connectivity index (χ1) is 6.86. The Labute approximate surface area is 86.0 Å². The second-order valence-electron chi connectivity index (χ2n) is 3.94. The summed E-state index contributed by atoms with van der Waals surface area (Å²) in [6, 6.07) is 10.6. The van der Waals surface area contributed by atoms with Gasteiger partial charge in [0, 0.05) is 0 Å². The van der Waals surface area contributed by atoms with Gasteiger partial charge in [-0.3, -0.25) is 0 Å². The van der Waals surface area contributed by atoms with Crippen LogP contribution >= 0.6 is 0 Å². The Morgan fingerprint density at radius 1 is 1.14 bits per heavy atom. The topological polar surface area (TPSA) is 0 Å². The van der Waals surface area contributed by atoms with Gasteiger partial charge in [-0.15, -0.1) is 0 Å². The van der Waals surface area contributed by atoms with Crippen molar-refractivity contribution in [2.24, 2.45) is 5.92 Å². The van der Waals surface area contributed by atoms with Crippen LogP contribution in [0.2, 0.25) is 0 Å². The van der Waals surface area contributed by atoms with E-state index in [1.807, 2.05) is 0 Å². The smallest absolute Gasteiger partial charge is 0.0187 e. The van der Waals surface area contributed by atoms with E-state index in [-0.39, 0.29) is 0 Å². The van der Waals surface area contributed by atoms with E-state index in [0.717, 1.165) is 0 Å². The standard InChI is InChI=1S/C14H16/c1-12-6-5-9-14(11-10-12)13-7-3-2-4-8-13/h2-4,7-12H,5-6H2,1H3. The molecule has 0 N–H and O–H groups in total. The van der Waals surface area contributed by atoms with Gasteiger partial charge in [0.25, 0.3) is 0 Å². The Bertz CT molecular complexity index is 344. The summed E-state index contributed by atoms with van der Waals surface area (Å²) in [7, 11) is 0. The number of benzene rings is 1. The van der Waals surface area contributed by atoms with Crippen LogP contribution in [-0.4, -0.2) is 0 Å². The van der Waals surface area contributed by atoms with E-state index in [1.165, 1.54) is 24.0 Å². The molecule has 72 valence electrons. The highest BCUT2D eigenvalue weighted by molar-refractivity contribution is 5.74. The maximum absolute atomic E-state index is 2.34. The van der Waals surface area contributed by atoms with Gasteiger partial charge in [0.1, 0.15) is 0 Å². The minimum absolute atomic E-state index is 0.715. The Kier molecular flexibility index (Phi) is 2.83. The fourth-order valence-electron chi connectivity index (χ4n) is 1.78. The van der Waals surface area contributed by atoms with Crippen molar-refractivity contribution in [2.45, 2.75) is 19.8 Å². The molecule has 0 heterocycles. The summed E-state index contributed by atoms with van der Waals surface area (Å²) in [6.45, 7) is 2.28. The first-order valence-electron chi connectivity index (χ1n) is 5.30. The zero-order valence-electron chi connectivity index (χ0n) is 8.61. The highest BCUT2D eigenvalue weighted by Crippen LogP contribution is 2.22. The Morgan fingerprint density at radius 3 is 2.71 bits per heavy atom. The molecule has 0 aromatic heterocycles. The number of hydrogen-bond donors (Lipinski definition) is 0. The average molecular weight is 184 g/mol. The molecule has 1 unspecified atom stereocenters. The predicted molar refractivity (Wildman–Crippen MR) is 62.0 cm³/mol. The monoisotopic (exact) mass is 184 g/mol. The van der Waals surface area contributed by atoms with Crippen molar-refractivity contribution in [3.05, 3.63) is 54.1 Å². The third-order valence-electron chi connectivity index (χ3n) is 2.70. The highest BCUT2D eigenvalue weighted by atomic mass is 14.1. The fraction of sp³-hybridized carbons (Fsp3) is 0.286. The number of hydrogen-bond acceptors (Lipinski definition) is 0. The van der Waals surface area contributed by atoms with E-state index in [2.05, 4.69) is 55.5 Å². The van der Waals surface area contributed by atoms with Gasteiger partial charge in [-0.1, -0.05) is 55.5 Å². The summed E-state index contributed by atoms with van der Waals surface area (Å²) in [5.74, 6) is 0.715. The SMILES string of the molecule is CC1C=CC(c2ccccc2)=CCC1. The second kappa shape index (κ2) is 4.28. The van der Waals surface area contributed by atoms with E-state index in [1.54, 1.807) is 0 Å².